The van der Waals surface area contributed by atoms with Gasteiger partial charge < -0.3 is 9.84 Å². The van der Waals surface area contributed by atoms with E-state index in [4.69, 9.17) is 4.52 Å². The quantitative estimate of drug-likeness (QED) is 0.629. The smallest absolute Gasteiger partial charge is 0.294 e. The lowest BCUT2D eigenvalue weighted by Crippen LogP contribution is -2.11. The van der Waals surface area contributed by atoms with E-state index < -0.39 is 0 Å². The third-order valence-corrected chi connectivity index (χ3v) is 3.29. The molecule has 0 saturated heterocycles. The number of benzene rings is 1. The highest BCUT2D eigenvalue weighted by molar-refractivity contribution is 6.02. The Kier molecular flexibility index (Phi) is 3.09. The van der Waals surface area contributed by atoms with Crippen LogP contribution in [0.1, 0.15) is 10.6 Å². The van der Waals surface area contributed by atoms with Crippen LogP contribution in [0.2, 0.25) is 0 Å². The number of aromatic nitrogens is 4. The molecule has 3 heterocycles. The Morgan fingerprint density at radius 2 is 2.00 bits per heavy atom. The highest BCUT2D eigenvalue weighted by atomic mass is 16.5. The molecule has 0 fully saturated rings. The van der Waals surface area contributed by atoms with E-state index in [1.54, 1.807) is 22.8 Å². The fourth-order valence-corrected chi connectivity index (χ4v) is 2.19. The first-order valence-corrected chi connectivity index (χ1v) is 6.93. The van der Waals surface area contributed by atoms with Gasteiger partial charge in [-0.05, 0) is 6.07 Å². The molecule has 0 aliphatic rings. The number of rotatable bonds is 3. The number of hydrogen-bond donors (Lipinski definition) is 1. The van der Waals surface area contributed by atoms with Gasteiger partial charge in [0.15, 0.2) is 11.5 Å². The van der Waals surface area contributed by atoms with Crippen molar-refractivity contribution in [3.8, 4) is 11.4 Å². The molecule has 0 saturated carbocycles. The number of amides is 1. The van der Waals surface area contributed by atoms with Crippen LogP contribution in [0.15, 0.2) is 65.4 Å². The zero-order chi connectivity index (χ0) is 15.6. The fraction of sp³-hybridized carbons (Fsp3) is 0. The minimum Gasteiger partial charge on any atom is -0.351 e. The number of fused-ring (bicyclic) bond motifs is 1. The summed E-state index contributed by atoms with van der Waals surface area (Å²) in [6.07, 6.45) is 3.16. The maximum absolute atomic E-state index is 12.0. The lowest BCUT2D eigenvalue weighted by molar-refractivity contribution is 0.0988. The van der Waals surface area contributed by atoms with Gasteiger partial charge in [0.1, 0.15) is 0 Å². The van der Waals surface area contributed by atoms with Crippen molar-refractivity contribution < 1.29 is 9.32 Å². The molecule has 7 heteroatoms. The summed E-state index contributed by atoms with van der Waals surface area (Å²) in [7, 11) is 0. The molecule has 0 unspecified atom stereocenters. The van der Waals surface area contributed by atoms with Crippen LogP contribution in [0.3, 0.4) is 0 Å². The van der Waals surface area contributed by atoms with Crippen LogP contribution in [-0.2, 0) is 0 Å². The highest BCUT2D eigenvalue weighted by Gasteiger charge is 2.11. The largest absolute Gasteiger partial charge is 0.351 e. The topological polar surface area (TPSA) is 85.3 Å². The molecule has 1 aromatic carbocycles. The number of nitrogens with one attached hydrogen (secondary N) is 1. The first-order chi connectivity index (χ1) is 11.3. The van der Waals surface area contributed by atoms with Crippen LogP contribution in [0, 0.1) is 0 Å². The molecule has 4 rings (SSSR count). The molecule has 7 nitrogen and oxygen atoms in total. The van der Waals surface area contributed by atoms with Gasteiger partial charge in [-0.2, -0.15) is 0 Å². The van der Waals surface area contributed by atoms with Crippen LogP contribution in [0.25, 0.3) is 17.0 Å². The zero-order valence-corrected chi connectivity index (χ0v) is 11.9. The average Bonchev–Trinajstić information content (AvgIpc) is 3.25. The Balaban J connectivity index is 1.64. The minimum atomic E-state index is -0.366. The predicted octanol–water partition coefficient (Wildman–Crippen LogP) is 2.64. The molecule has 0 bridgehead atoms. The Labute approximate surface area is 130 Å². The van der Waals surface area contributed by atoms with E-state index in [0.717, 1.165) is 5.56 Å². The van der Waals surface area contributed by atoms with Gasteiger partial charge in [-0.15, -0.1) is 5.10 Å². The van der Waals surface area contributed by atoms with E-state index in [-0.39, 0.29) is 11.7 Å². The van der Waals surface area contributed by atoms with Gasteiger partial charge in [-0.3, -0.25) is 4.79 Å². The van der Waals surface area contributed by atoms with Crippen molar-refractivity contribution in [2.24, 2.45) is 0 Å². The monoisotopic (exact) mass is 305 g/mol. The summed E-state index contributed by atoms with van der Waals surface area (Å²) in [5.74, 6) is 0.412. The lowest BCUT2D eigenvalue weighted by Gasteiger charge is -2.02. The van der Waals surface area contributed by atoms with Crippen molar-refractivity contribution in [2.75, 3.05) is 5.32 Å². The molecule has 0 atom stereocenters. The van der Waals surface area contributed by atoms with Crippen molar-refractivity contribution in [1.29, 1.82) is 0 Å². The maximum Gasteiger partial charge on any atom is 0.294 e. The SMILES string of the molecule is O=C(Nc1ccn2nc(-c3ccccc3)nc2c1)c1ccno1. The second-order valence-corrected chi connectivity index (χ2v) is 4.85. The molecule has 0 aliphatic heterocycles. The third kappa shape index (κ3) is 2.55. The number of hydrogen-bond acceptors (Lipinski definition) is 5. The number of pyridine rings is 1. The van der Waals surface area contributed by atoms with Gasteiger partial charge in [-0.25, -0.2) is 9.50 Å². The lowest BCUT2D eigenvalue weighted by atomic mass is 10.2. The van der Waals surface area contributed by atoms with Crippen LogP contribution in [-0.4, -0.2) is 25.7 Å². The minimum absolute atomic E-state index is 0.149. The highest BCUT2D eigenvalue weighted by Crippen LogP contribution is 2.18. The van der Waals surface area contributed by atoms with Crippen LogP contribution in [0.5, 0.6) is 0 Å². The Bertz CT molecular complexity index is 961. The van der Waals surface area contributed by atoms with Gasteiger partial charge in [-0.1, -0.05) is 35.5 Å². The van der Waals surface area contributed by atoms with E-state index in [1.807, 2.05) is 30.3 Å². The molecule has 1 amide bonds. The first kappa shape index (κ1) is 13.2. The number of anilines is 1. The third-order valence-electron chi connectivity index (χ3n) is 3.29. The van der Waals surface area contributed by atoms with Crippen molar-refractivity contribution in [3.63, 3.8) is 0 Å². The average molecular weight is 305 g/mol. The van der Waals surface area contributed by atoms with E-state index in [0.29, 0.717) is 17.2 Å². The predicted molar refractivity (Wildman–Crippen MR) is 82.9 cm³/mol. The summed E-state index contributed by atoms with van der Waals surface area (Å²) in [5, 5.41) is 10.7. The molecule has 3 aromatic heterocycles. The van der Waals surface area contributed by atoms with E-state index in [1.165, 1.54) is 12.3 Å². The van der Waals surface area contributed by atoms with Crippen molar-refractivity contribution in [3.05, 3.63) is 66.7 Å². The van der Waals surface area contributed by atoms with Crippen molar-refractivity contribution in [2.45, 2.75) is 0 Å². The van der Waals surface area contributed by atoms with Gasteiger partial charge in [0.2, 0.25) is 5.76 Å². The Morgan fingerprint density at radius 1 is 1.13 bits per heavy atom. The Morgan fingerprint density at radius 3 is 2.78 bits per heavy atom. The first-order valence-electron chi connectivity index (χ1n) is 6.93. The zero-order valence-electron chi connectivity index (χ0n) is 11.9. The number of nitrogens with zero attached hydrogens (tertiary/aromatic N) is 4. The van der Waals surface area contributed by atoms with Crippen molar-refractivity contribution >= 4 is 17.2 Å². The van der Waals surface area contributed by atoms with Crippen LogP contribution in [0.4, 0.5) is 5.69 Å². The summed E-state index contributed by atoms with van der Waals surface area (Å²) >= 11 is 0. The van der Waals surface area contributed by atoms with E-state index >= 15 is 0 Å². The van der Waals surface area contributed by atoms with E-state index in [2.05, 4.69) is 20.6 Å². The van der Waals surface area contributed by atoms with Gasteiger partial charge in [0.05, 0.1) is 6.20 Å². The second kappa shape index (κ2) is 5.38. The van der Waals surface area contributed by atoms with Crippen molar-refractivity contribution in [1.82, 2.24) is 19.8 Å². The molecule has 0 radical (unpaired) electrons. The molecule has 0 spiro atoms. The van der Waals surface area contributed by atoms with Gasteiger partial charge >= 0.3 is 0 Å². The fourth-order valence-electron chi connectivity index (χ4n) is 2.19. The second-order valence-electron chi connectivity index (χ2n) is 4.85. The van der Waals surface area contributed by atoms with E-state index in [9.17, 15) is 4.79 Å². The summed E-state index contributed by atoms with van der Waals surface area (Å²) in [5.41, 5.74) is 2.17. The Hall–Kier alpha value is -3.48. The summed E-state index contributed by atoms with van der Waals surface area (Å²) in [6, 6.07) is 14.7. The molecule has 1 N–H and O–H groups in total. The number of carbonyl (C=O) groups excluding carboxylic acids is 1. The molecule has 4 aromatic rings. The normalized spacial score (nSPS) is 10.8. The maximum atomic E-state index is 12.0. The summed E-state index contributed by atoms with van der Waals surface area (Å²) in [6.45, 7) is 0. The molecular weight excluding hydrogens is 294 g/mol. The van der Waals surface area contributed by atoms with Gasteiger partial charge in [0, 0.05) is 29.6 Å². The van der Waals surface area contributed by atoms with Crippen LogP contribution < -0.4 is 5.32 Å². The van der Waals surface area contributed by atoms with Crippen LogP contribution >= 0.6 is 0 Å². The number of carbonyl (C=O) groups is 1. The molecule has 112 valence electrons. The standard InChI is InChI=1S/C16H11N5O2/c22-16(13-6-8-17-23-13)18-12-7-9-21-14(10-12)19-15(20-21)11-4-2-1-3-5-11/h1-10H,(H,18,22). The van der Waals surface area contributed by atoms with Gasteiger partial charge in [0.25, 0.3) is 5.91 Å². The summed E-state index contributed by atoms with van der Waals surface area (Å²) in [4.78, 5) is 16.4. The summed E-state index contributed by atoms with van der Waals surface area (Å²) < 4.78 is 6.48. The molecular formula is C16H11N5O2. The molecule has 0 aliphatic carbocycles. The molecule has 23 heavy (non-hydrogen) atoms.